The fourth-order valence-corrected chi connectivity index (χ4v) is 5.55. The fraction of sp³-hybridized carbons (Fsp3) is 0.469. The number of rotatable bonds is 14. The van der Waals surface area contributed by atoms with Crippen molar-refractivity contribution in [3.8, 4) is 16.9 Å². The molecule has 3 N–H and O–H groups in total. The predicted molar refractivity (Wildman–Crippen MR) is 168 cm³/mol. The van der Waals surface area contributed by atoms with Crippen LogP contribution in [0, 0.1) is 11.6 Å². The Hall–Kier alpha value is -4.07. The first kappa shape index (κ1) is 42.1. The molecule has 0 spiro atoms. The van der Waals surface area contributed by atoms with Gasteiger partial charge in [-0.2, -0.15) is 0 Å². The maximum absolute atomic E-state index is 14.3. The van der Waals surface area contributed by atoms with E-state index in [1.54, 1.807) is 4.90 Å². The van der Waals surface area contributed by atoms with Crippen LogP contribution in [0.2, 0.25) is 0 Å². The number of nitrogens with zero attached hydrogens (tertiary/aromatic N) is 4. The standard InChI is InChI=1S/C32H41F2N5O10.Ga/c33-22-4-5-23(25(34)17-22)21-3-6-27(40)24(16-21)31(47)35-7-1-2-26(32(48)49)39-14-12-37(19-29(43)44)10-8-36(18-28(41)42)9-11-38(13-15-39)20-30(45)46;/h3-6,16-17,26,40H,1-2,7-15,18-20H2,(H,35,47)(H,41,42)(H,43,44)(H,45,46)(H,48,49);/q;+3/p-3. The van der Waals surface area contributed by atoms with E-state index in [1.165, 1.54) is 39.0 Å². The van der Waals surface area contributed by atoms with E-state index >= 15 is 0 Å². The molecule has 1 saturated heterocycles. The van der Waals surface area contributed by atoms with Crippen LogP contribution >= 0.6 is 0 Å². The molecule has 1 amide bonds. The van der Waals surface area contributed by atoms with Gasteiger partial charge in [-0.25, -0.2) is 8.78 Å². The fourth-order valence-electron chi connectivity index (χ4n) is 5.55. The predicted octanol–water partition coefficient (Wildman–Crippen LogP) is -3.61. The molecule has 3 rings (SSSR count). The average molecular weight is 760 g/mol. The summed E-state index contributed by atoms with van der Waals surface area (Å²) in [6.07, 6.45) is 0.165. The Morgan fingerprint density at radius 1 is 0.760 bits per heavy atom. The summed E-state index contributed by atoms with van der Waals surface area (Å²) in [6.45, 7) is -0.801. The number of nitrogens with one attached hydrogen (secondary N) is 1. The van der Waals surface area contributed by atoms with Crippen LogP contribution in [0.5, 0.6) is 5.75 Å². The summed E-state index contributed by atoms with van der Waals surface area (Å²) in [7, 11) is 0. The number of phenols is 1. The molecular weight excluding hydrogens is 722 g/mol. The quantitative estimate of drug-likeness (QED) is 0.125. The Bertz CT molecular complexity index is 1470. The second-order valence-electron chi connectivity index (χ2n) is 11.6. The van der Waals surface area contributed by atoms with E-state index in [2.05, 4.69) is 5.32 Å². The molecule has 18 heteroatoms. The Kier molecular flexibility index (Phi) is 17.3. The van der Waals surface area contributed by atoms with Crippen molar-refractivity contribution in [3.63, 3.8) is 0 Å². The molecule has 1 heterocycles. The number of benzene rings is 2. The van der Waals surface area contributed by atoms with Crippen LogP contribution in [-0.4, -0.2) is 164 Å². The first-order valence-electron chi connectivity index (χ1n) is 15.5. The zero-order valence-electron chi connectivity index (χ0n) is 27.2. The van der Waals surface area contributed by atoms with Gasteiger partial charge >= 0.3 is 25.8 Å². The summed E-state index contributed by atoms with van der Waals surface area (Å²) < 4.78 is 27.7. The first-order chi connectivity index (χ1) is 23.2. The van der Waals surface area contributed by atoms with Crippen LogP contribution in [-0.2, 0) is 19.2 Å². The Morgan fingerprint density at radius 3 is 1.72 bits per heavy atom. The number of phenolic OH excluding ortho intramolecular Hbond substituents is 1. The van der Waals surface area contributed by atoms with Gasteiger partial charge in [0, 0.05) is 90.2 Å². The molecule has 2 aromatic carbocycles. The zero-order chi connectivity index (χ0) is 36.1. The SMILES string of the molecule is O=C([O-])CN1CCN(CC(=O)[O-])CCN(C(CCCNC(=O)c2cc(-c3ccc(F)cc3F)ccc2O)C(=O)O)CCN(CC(=O)[O-])CC1.[Ga+3]. The number of carboxylic acids is 4. The molecule has 0 aromatic heterocycles. The first-order valence-corrected chi connectivity index (χ1v) is 15.5. The maximum Gasteiger partial charge on any atom is 3.00 e. The summed E-state index contributed by atoms with van der Waals surface area (Å²) >= 11 is 0. The molecule has 1 atom stereocenters. The summed E-state index contributed by atoms with van der Waals surface area (Å²) in [5.41, 5.74) is 0.0455. The van der Waals surface area contributed by atoms with Gasteiger partial charge in [-0.1, -0.05) is 6.07 Å². The maximum atomic E-state index is 14.3. The Labute approximate surface area is 300 Å². The molecule has 1 aliphatic rings. The number of carboxylic acid groups (broad SMARTS) is 4. The van der Waals surface area contributed by atoms with Crippen LogP contribution in [0.4, 0.5) is 8.78 Å². The molecule has 50 heavy (non-hydrogen) atoms. The summed E-state index contributed by atoms with van der Waals surface area (Å²) in [4.78, 5) is 65.5. The van der Waals surface area contributed by atoms with Crippen molar-refractivity contribution in [1.29, 1.82) is 0 Å². The summed E-state index contributed by atoms with van der Waals surface area (Å²) in [6, 6.07) is 5.62. The van der Waals surface area contributed by atoms with E-state index in [0.717, 1.165) is 6.07 Å². The molecule has 1 unspecified atom stereocenters. The van der Waals surface area contributed by atoms with Gasteiger partial charge in [0.2, 0.25) is 0 Å². The number of amides is 1. The molecule has 2 aromatic rings. The van der Waals surface area contributed by atoms with Crippen molar-refractivity contribution in [3.05, 3.63) is 53.6 Å². The van der Waals surface area contributed by atoms with Gasteiger partial charge in [0.1, 0.15) is 23.4 Å². The molecule has 0 radical (unpaired) electrons. The van der Waals surface area contributed by atoms with Gasteiger partial charge in [0.25, 0.3) is 5.91 Å². The number of aromatic hydroxyl groups is 1. The van der Waals surface area contributed by atoms with Crippen molar-refractivity contribution in [2.24, 2.45) is 0 Å². The molecule has 1 aliphatic heterocycles. The van der Waals surface area contributed by atoms with Crippen LogP contribution in [0.15, 0.2) is 36.4 Å². The zero-order valence-corrected chi connectivity index (χ0v) is 29.6. The Morgan fingerprint density at radius 2 is 1.26 bits per heavy atom. The summed E-state index contributed by atoms with van der Waals surface area (Å²) in [5, 5.41) is 57.1. The van der Waals surface area contributed by atoms with Crippen LogP contribution in [0.1, 0.15) is 23.2 Å². The van der Waals surface area contributed by atoms with Gasteiger partial charge in [0.15, 0.2) is 0 Å². The molecule has 0 bridgehead atoms. The van der Waals surface area contributed by atoms with E-state index in [0.29, 0.717) is 6.07 Å². The van der Waals surface area contributed by atoms with Gasteiger partial charge in [0.05, 0.1) is 23.5 Å². The van der Waals surface area contributed by atoms with E-state index in [4.69, 9.17) is 0 Å². The van der Waals surface area contributed by atoms with Gasteiger partial charge in [-0.05, 0) is 42.7 Å². The Balaban J connectivity index is 0.00000867. The number of halogens is 2. The van der Waals surface area contributed by atoms with Crippen LogP contribution < -0.4 is 20.6 Å². The van der Waals surface area contributed by atoms with Gasteiger partial charge in [-0.3, -0.25) is 29.2 Å². The minimum absolute atomic E-state index is 0. The van der Waals surface area contributed by atoms with Crippen molar-refractivity contribution < 1.29 is 58.3 Å². The van der Waals surface area contributed by atoms with Crippen molar-refractivity contribution in [2.45, 2.75) is 18.9 Å². The average Bonchev–Trinajstić information content (AvgIpc) is 3.01. The van der Waals surface area contributed by atoms with Crippen LogP contribution in [0.25, 0.3) is 11.1 Å². The molecule has 1 fully saturated rings. The van der Waals surface area contributed by atoms with Crippen molar-refractivity contribution >= 4 is 49.6 Å². The minimum atomic E-state index is -1.38. The van der Waals surface area contributed by atoms with E-state index in [1.807, 2.05) is 0 Å². The van der Waals surface area contributed by atoms with E-state index in [-0.39, 0.29) is 108 Å². The third-order valence-corrected chi connectivity index (χ3v) is 8.08. The third kappa shape index (κ3) is 13.7. The number of aliphatic carboxylic acids is 4. The van der Waals surface area contributed by atoms with E-state index in [9.17, 15) is 58.3 Å². The molecule has 0 saturated carbocycles. The molecular formula is C32H38F2GaN5O10. The molecule has 0 aliphatic carbocycles. The topological polar surface area (TPSA) is 220 Å². The summed E-state index contributed by atoms with van der Waals surface area (Å²) in [5.74, 6) is -8.07. The van der Waals surface area contributed by atoms with Crippen LogP contribution in [0.3, 0.4) is 0 Å². The second kappa shape index (κ2) is 20.6. The van der Waals surface area contributed by atoms with Gasteiger partial charge < -0.3 is 45.2 Å². The van der Waals surface area contributed by atoms with Gasteiger partial charge in [-0.15, -0.1) is 0 Å². The minimum Gasteiger partial charge on any atom is -0.549 e. The normalized spacial score (nSPS) is 16.3. The second-order valence-corrected chi connectivity index (χ2v) is 11.6. The number of carbonyl (C=O) groups is 5. The van der Waals surface area contributed by atoms with E-state index < -0.39 is 72.8 Å². The third-order valence-electron chi connectivity index (χ3n) is 8.08. The largest absolute Gasteiger partial charge is 3.00 e. The van der Waals surface area contributed by atoms with Crippen molar-refractivity contribution in [1.82, 2.24) is 24.9 Å². The molecule has 268 valence electrons. The van der Waals surface area contributed by atoms with Crippen molar-refractivity contribution in [2.75, 3.05) is 78.5 Å². The number of hydrogen-bond donors (Lipinski definition) is 3. The monoisotopic (exact) mass is 759 g/mol. The number of hydrogen-bond acceptors (Lipinski definition) is 13. The molecule has 15 nitrogen and oxygen atoms in total. The number of carbonyl (C=O) groups excluding carboxylic acids is 4. The smallest absolute Gasteiger partial charge is 0.549 e.